The highest BCUT2D eigenvalue weighted by Crippen LogP contribution is 2.30. The van der Waals surface area contributed by atoms with Crippen molar-refractivity contribution >= 4 is 51.4 Å². The lowest BCUT2D eigenvalue weighted by atomic mass is 9.95. The average Bonchev–Trinajstić information content (AvgIpc) is 2.72. The summed E-state index contributed by atoms with van der Waals surface area (Å²) in [6.07, 6.45) is 2.84. The Hall–Kier alpha value is -1.52. The molecule has 1 heterocycles. The number of aromatic nitrogens is 1. The second-order valence-corrected chi connectivity index (χ2v) is 8.34. The maximum Gasteiger partial charge on any atom is 0.0737 e. The molecule has 3 nitrogen and oxygen atoms in total. The minimum Gasteiger partial charge on any atom is -0.384 e. The van der Waals surface area contributed by atoms with E-state index in [1.807, 2.05) is 42.6 Å². The first-order valence-corrected chi connectivity index (χ1v) is 11.1. The van der Waals surface area contributed by atoms with E-state index in [1.54, 1.807) is 0 Å². The Balaban J connectivity index is 1.82. The molecule has 1 N–H and O–H groups in total. The molecule has 0 radical (unpaired) electrons. The van der Waals surface area contributed by atoms with Crippen LogP contribution in [-0.4, -0.2) is 36.1 Å². The predicted octanol–water partition coefficient (Wildman–Crippen LogP) is 7.12. The fourth-order valence-corrected chi connectivity index (χ4v) is 4.01. The van der Waals surface area contributed by atoms with Gasteiger partial charge in [0.05, 0.1) is 15.6 Å². The highest BCUT2D eigenvalue weighted by molar-refractivity contribution is 6.42. The third kappa shape index (κ3) is 5.76. The number of nitrogens with one attached hydrogen (secondary N) is 1. The summed E-state index contributed by atoms with van der Waals surface area (Å²) in [4.78, 5) is 6.87. The number of rotatable bonds is 9. The third-order valence-corrected chi connectivity index (χ3v) is 6.32. The summed E-state index contributed by atoms with van der Waals surface area (Å²) >= 11 is 18.6. The lowest BCUT2D eigenvalue weighted by Gasteiger charge is -2.24. The van der Waals surface area contributed by atoms with Crippen molar-refractivity contribution in [3.8, 4) is 0 Å². The second kappa shape index (κ2) is 10.5. The van der Waals surface area contributed by atoms with E-state index in [9.17, 15) is 0 Å². The van der Waals surface area contributed by atoms with E-state index in [-0.39, 0.29) is 0 Å². The van der Waals surface area contributed by atoms with Crippen LogP contribution in [0, 0.1) is 0 Å². The normalized spacial score (nSPS) is 12.5. The minimum absolute atomic E-state index is 0.306. The van der Waals surface area contributed by atoms with E-state index in [4.69, 9.17) is 34.8 Å². The van der Waals surface area contributed by atoms with E-state index < -0.39 is 0 Å². The molecule has 0 saturated carbocycles. The van der Waals surface area contributed by atoms with E-state index in [0.29, 0.717) is 21.0 Å². The number of halogens is 3. The molecule has 0 amide bonds. The zero-order valence-corrected chi connectivity index (χ0v) is 19.0. The molecule has 2 aromatic carbocycles. The monoisotopic (exact) mass is 449 g/mol. The van der Waals surface area contributed by atoms with Gasteiger partial charge >= 0.3 is 0 Å². The predicted molar refractivity (Wildman–Crippen MR) is 127 cm³/mol. The van der Waals surface area contributed by atoms with Crippen LogP contribution in [0.5, 0.6) is 0 Å². The molecular weight excluding hydrogens is 425 g/mol. The molecule has 0 aliphatic carbocycles. The smallest absolute Gasteiger partial charge is 0.0737 e. The van der Waals surface area contributed by atoms with Crippen LogP contribution < -0.4 is 5.32 Å². The van der Waals surface area contributed by atoms with E-state index in [1.165, 1.54) is 5.56 Å². The molecule has 1 atom stereocenters. The quantitative estimate of drug-likeness (QED) is 0.376. The Morgan fingerprint density at radius 1 is 0.966 bits per heavy atom. The summed E-state index contributed by atoms with van der Waals surface area (Å²) in [7, 11) is 0. The van der Waals surface area contributed by atoms with Crippen molar-refractivity contribution in [1.29, 1.82) is 0 Å². The van der Waals surface area contributed by atoms with Gasteiger partial charge in [-0.1, -0.05) is 54.7 Å². The van der Waals surface area contributed by atoms with Crippen molar-refractivity contribution in [1.82, 2.24) is 9.88 Å². The number of hydrogen-bond acceptors (Lipinski definition) is 3. The maximum absolute atomic E-state index is 6.30. The van der Waals surface area contributed by atoms with Crippen molar-refractivity contribution in [2.24, 2.45) is 0 Å². The van der Waals surface area contributed by atoms with Gasteiger partial charge in [-0.15, -0.1) is 0 Å². The van der Waals surface area contributed by atoms with Gasteiger partial charge in [0.2, 0.25) is 0 Å². The molecule has 0 spiro atoms. The minimum atomic E-state index is 0.306. The van der Waals surface area contributed by atoms with Crippen LogP contribution in [0.4, 0.5) is 5.69 Å². The molecule has 29 heavy (non-hydrogen) atoms. The number of benzene rings is 2. The maximum atomic E-state index is 6.30. The Bertz CT molecular complexity index is 957. The first-order chi connectivity index (χ1) is 14.0. The van der Waals surface area contributed by atoms with Crippen LogP contribution in [0.1, 0.15) is 31.7 Å². The molecule has 1 unspecified atom stereocenters. The van der Waals surface area contributed by atoms with Crippen molar-refractivity contribution in [2.45, 2.75) is 26.2 Å². The van der Waals surface area contributed by atoms with Gasteiger partial charge in [-0.2, -0.15) is 0 Å². The van der Waals surface area contributed by atoms with Gasteiger partial charge < -0.3 is 10.2 Å². The molecular formula is C23H26Cl3N3. The third-order valence-electron chi connectivity index (χ3n) is 5.35. The van der Waals surface area contributed by atoms with Crippen molar-refractivity contribution in [3.63, 3.8) is 0 Å². The van der Waals surface area contributed by atoms with Gasteiger partial charge in [-0.3, -0.25) is 4.98 Å². The van der Waals surface area contributed by atoms with Crippen LogP contribution in [0.25, 0.3) is 10.9 Å². The summed E-state index contributed by atoms with van der Waals surface area (Å²) in [5, 5.41) is 6.56. The largest absolute Gasteiger partial charge is 0.384 e. The average molecular weight is 451 g/mol. The van der Waals surface area contributed by atoms with Crippen molar-refractivity contribution in [2.75, 3.05) is 31.5 Å². The van der Waals surface area contributed by atoms with E-state index >= 15 is 0 Å². The van der Waals surface area contributed by atoms with Crippen molar-refractivity contribution in [3.05, 3.63) is 69.3 Å². The van der Waals surface area contributed by atoms with Gasteiger partial charge in [0.15, 0.2) is 0 Å². The van der Waals surface area contributed by atoms with Crippen LogP contribution in [0.3, 0.4) is 0 Å². The number of fused-ring (bicyclic) bond motifs is 1. The summed E-state index contributed by atoms with van der Waals surface area (Å²) in [6.45, 7) is 8.32. The molecule has 1 aromatic heterocycles. The van der Waals surface area contributed by atoms with Crippen LogP contribution in [0.2, 0.25) is 15.1 Å². The number of nitrogens with zero attached hydrogens (tertiary/aromatic N) is 2. The Labute approximate surface area is 188 Å². The first kappa shape index (κ1) is 22.2. The lowest BCUT2D eigenvalue weighted by Crippen LogP contribution is -2.26. The zero-order chi connectivity index (χ0) is 20.8. The summed E-state index contributed by atoms with van der Waals surface area (Å²) in [6, 6.07) is 13.7. The van der Waals surface area contributed by atoms with Crippen LogP contribution in [-0.2, 0) is 0 Å². The van der Waals surface area contributed by atoms with Gasteiger partial charge in [-0.05, 0) is 68.0 Å². The standard InChI is InChI=1S/C23H26Cl3N3/c1-3-29(4-2)12-10-17(16-5-8-20(25)21(26)13-16)15-28-22-9-11-27-23-14-18(24)6-7-19(22)23/h5-9,11,13-14,17H,3-4,10,12,15H2,1-2H3,(H,27,28). The van der Waals surface area contributed by atoms with Crippen LogP contribution in [0.15, 0.2) is 48.7 Å². The molecule has 0 fully saturated rings. The molecule has 6 heteroatoms. The number of anilines is 1. The fraction of sp³-hybridized carbons (Fsp3) is 0.348. The molecule has 3 rings (SSSR count). The Kier molecular flexibility index (Phi) is 8.02. The van der Waals surface area contributed by atoms with Crippen molar-refractivity contribution < 1.29 is 0 Å². The van der Waals surface area contributed by atoms with E-state index in [0.717, 1.165) is 49.2 Å². The topological polar surface area (TPSA) is 28.2 Å². The molecule has 0 aliphatic rings. The fourth-order valence-electron chi connectivity index (χ4n) is 3.54. The van der Waals surface area contributed by atoms with Gasteiger partial charge in [0.1, 0.15) is 0 Å². The molecule has 154 valence electrons. The van der Waals surface area contributed by atoms with E-state index in [2.05, 4.69) is 35.1 Å². The highest BCUT2D eigenvalue weighted by atomic mass is 35.5. The summed E-state index contributed by atoms with van der Waals surface area (Å²) in [5.74, 6) is 0.306. The zero-order valence-electron chi connectivity index (χ0n) is 16.8. The molecule has 0 saturated heterocycles. The molecule has 0 bridgehead atoms. The molecule has 0 aliphatic heterocycles. The second-order valence-electron chi connectivity index (χ2n) is 7.09. The Morgan fingerprint density at radius 2 is 1.76 bits per heavy atom. The SMILES string of the molecule is CCN(CC)CCC(CNc1ccnc2cc(Cl)ccc12)c1ccc(Cl)c(Cl)c1. The first-order valence-electron chi connectivity index (χ1n) is 9.97. The number of pyridine rings is 1. The Morgan fingerprint density at radius 3 is 2.48 bits per heavy atom. The van der Waals surface area contributed by atoms with Crippen LogP contribution >= 0.6 is 34.8 Å². The van der Waals surface area contributed by atoms with Gasteiger partial charge in [0, 0.05) is 34.8 Å². The van der Waals surface area contributed by atoms with Gasteiger partial charge in [0.25, 0.3) is 0 Å². The molecule has 3 aromatic rings. The summed E-state index contributed by atoms with van der Waals surface area (Å²) in [5.41, 5.74) is 3.14. The number of hydrogen-bond donors (Lipinski definition) is 1. The van der Waals surface area contributed by atoms with Gasteiger partial charge in [-0.25, -0.2) is 0 Å². The summed E-state index contributed by atoms with van der Waals surface area (Å²) < 4.78 is 0. The lowest BCUT2D eigenvalue weighted by molar-refractivity contribution is 0.291. The highest BCUT2D eigenvalue weighted by Gasteiger charge is 2.15.